The van der Waals surface area contributed by atoms with E-state index in [2.05, 4.69) is 33.0 Å². The summed E-state index contributed by atoms with van der Waals surface area (Å²) in [5.74, 6) is 2.81. The van der Waals surface area contributed by atoms with Gasteiger partial charge in [0.15, 0.2) is 5.76 Å². The maximum atomic E-state index is 5.92. The van der Waals surface area contributed by atoms with Crippen molar-refractivity contribution in [2.24, 2.45) is 0 Å². The van der Waals surface area contributed by atoms with Crippen LogP contribution in [0.2, 0.25) is 0 Å². The number of tetrazole rings is 1. The number of nitrogens with zero attached hydrogens (tertiary/aromatic N) is 4. The fourth-order valence-corrected chi connectivity index (χ4v) is 3.55. The smallest absolute Gasteiger partial charge is 0.214 e. The standard InChI is InChI=1S/C20H19N5OS/c1-3-7-16(8-4-1)19-12-11-18(26-19)15-21-13-14-27-20-22-23-24-25(20)17-9-5-2-6-10-17/h1-12,21H,13-15H2/p+1. The van der Waals surface area contributed by atoms with Gasteiger partial charge in [0.2, 0.25) is 5.16 Å². The molecule has 0 spiro atoms. The second kappa shape index (κ2) is 8.66. The number of quaternary nitrogens is 1. The molecule has 4 rings (SSSR count). The fraction of sp³-hybridized carbons (Fsp3) is 0.150. The summed E-state index contributed by atoms with van der Waals surface area (Å²) in [5.41, 5.74) is 2.07. The van der Waals surface area contributed by atoms with Gasteiger partial charge < -0.3 is 9.73 Å². The Morgan fingerprint density at radius 2 is 1.70 bits per heavy atom. The molecule has 0 saturated carbocycles. The molecule has 4 aromatic rings. The van der Waals surface area contributed by atoms with Crippen LogP contribution < -0.4 is 5.32 Å². The second-order valence-corrected chi connectivity index (χ2v) is 7.03. The van der Waals surface area contributed by atoms with Crippen molar-refractivity contribution in [2.45, 2.75) is 11.7 Å². The largest absolute Gasteiger partial charge is 0.455 e. The van der Waals surface area contributed by atoms with Gasteiger partial charge in [0, 0.05) is 5.56 Å². The molecule has 0 radical (unpaired) electrons. The van der Waals surface area contributed by atoms with Crippen LogP contribution in [0.1, 0.15) is 5.76 Å². The van der Waals surface area contributed by atoms with Crippen molar-refractivity contribution < 1.29 is 9.73 Å². The Hall–Kier alpha value is -2.90. The van der Waals surface area contributed by atoms with Gasteiger partial charge in [-0.15, -0.1) is 5.10 Å². The molecule has 0 saturated heterocycles. The highest BCUT2D eigenvalue weighted by atomic mass is 32.2. The lowest BCUT2D eigenvalue weighted by Crippen LogP contribution is -2.83. The third-order valence-corrected chi connectivity index (χ3v) is 5.01. The highest BCUT2D eigenvalue weighted by Gasteiger charge is 2.09. The summed E-state index contributed by atoms with van der Waals surface area (Å²) in [6.07, 6.45) is 0. The Kier molecular flexibility index (Phi) is 5.61. The molecule has 27 heavy (non-hydrogen) atoms. The van der Waals surface area contributed by atoms with Gasteiger partial charge in [-0.25, -0.2) is 0 Å². The monoisotopic (exact) mass is 378 g/mol. The molecular weight excluding hydrogens is 358 g/mol. The minimum absolute atomic E-state index is 0.805. The SMILES string of the molecule is c1ccc(-c2ccc(C[NH2+]CCSc3nnnn3-c3ccccc3)o2)cc1. The van der Waals surface area contributed by atoms with Crippen molar-refractivity contribution in [2.75, 3.05) is 12.3 Å². The number of nitrogens with two attached hydrogens (primary N) is 1. The molecule has 0 amide bonds. The molecule has 0 fully saturated rings. The van der Waals surface area contributed by atoms with Gasteiger partial charge in [0.1, 0.15) is 12.3 Å². The summed E-state index contributed by atoms with van der Waals surface area (Å²) in [7, 11) is 0. The number of para-hydroxylation sites is 1. The normalized spacial score (nSPS) is 11.0. The van der Waals surface area contributed by atoms with E-state index in [1.165, 1.54) is 0 Å². The minimum atomic E-state index is 0.805. The summed E-state index contributed by atoms with van der Waals surface area (Å²) in [6, 6.07) is 24.2. The van der Waals surface area contributed by atoms with Gasteiger partial charge >= 0.3 is 0 Å². The van der Waals surface area contributed by atoms with Crippen LogP contribution in [0.25, 0.3) is 17.0 Å². The first-order chi connectivity index (χ1) is 13.4. The van der Waals surface area contributed by atoms with Crippen LogP contribution >= 0.6 is 11.8 Å². The van der Waals surface area contributed by atoms with E-state index >= 15 is 0 Å². The average Bonchev–Trinajstić information content (AvgIpc) is 3.39. The van der Waals surface area contributed by atoms with E-state index in [0.29, 0.717) is 0 Å². The van der Waals surface area contributed by atoms with Crippen LogP contribution in [0.5, 0.6) is 0 Å². The summed E-state index contributed by atoms with van der Waals surface area (Å²) in [5, 5.41) is 15.0. The summed E-state index contributed by atoms with van der Waals surface area (Å²) in [6.45, 7) is 1.77. The molecule has 0 aliphatic heterocycles. The Balaban J connectivity index is 1.25. The number of rotatable bonds is 8. The van der Waals surface area contributed by atoms with E-state index in [9.17, 15) is 0 Å². The predicted molar refractivity (Wildman–Crippen MR) is 105 cm³/mol. The van der Waals surface area contributed by atoms with Crippen molar-refractivity contribution in [1.29, 1.82) is 0 Å². The van der Waals surface area contributed by atoms with Crippen molar-refractivity contribution in [3.8, 4) is 17.0 Å². The highest BCUT2D eigenvalue weighted by Crippen LogP contribution is 2.21. The fourth-order valence-electron chi connectivity index (χ4n) is 2.72. The number of furan rings is 1. The van der Waals surface area contributed by atoms with E-state index < -0.39 is 0 Å². The van der Waals surface area contributed by atoms with Crippen molar-refractivity contribution in [3.63, 3.8) is 0 Å². The lowest BCUT2D eigenvalue weighted by Gasteiger charge is -2.03. The van der Waals surface area contributed by atoms with Crippen molar-refractivity contribution in [1.82, 2.24) is 20.2 Å². The number of benzene rings is 2. The lowest BCUT2D eigenvalue weighted by atomic mass is 10.2. The van der Waals surface area contributed by atoms with E-state index in [4.69, 9.17) is 4.42 Å². The first-order valence-electron chi connectivity index (χ1n) is 8.82. The maximum Gasteiger partial charge on any atom is 0.214 e. The Morgan fingerprint density at radius 1 is 0.926 bits per heavy atom. The first kappa shape index (κ1) is 17.5. The molecular formula is C20H20N5OS+. The van der Waals surface area contributed by atoms with Crippen LogP contribution in [-0.2, 0) is 6.54 Å². The summed E-state index contributed by atoms with van der Waals surface area (Å²) < 4.78 is 7.69. The number of aromatic nitrogens is 4. The molecule has 0 aliphatic rings. The quantitative estimate of drug-likeness (QED) is 0.377. The predicted octanol–water partition coefficient (Wildman–Crippen LogP) is 2.78. The molecule has 6 nitrogen and oxygen atoms in total. The van der Waals surface area contributed by atoms with Gasteiger partial charge in [-0.05, 0) is 34.7 Å². The zero-order chi connectivity index (χ0) is 18.3. The zero-order valence-electron chi connectivity index (χ0n) is 14.7. The Morgan fingerprint density at radius 3 is 2.52 bits per heavy atom. The molecule has 0 bridgehead atoms. The van der Waals surface area contributed by atoms with E-state index in [0.717, 1.165) is 46.8 Å². The number of hydrogen-bond donors (Lipinski definition) is 1. The van der Waals surface area contributed by atoms with Crippen LogP contribution in [-0.4, -0.2) is 32.5 Å². The number of thioether (sulfide) groups is 1. The Bertz CT molecular complexity index is 968. The molecule has 136 valence electrons. The molecule has 0 aliphatic carbocycles. The molecule has 0 unspecified atom stereocenters. The van der Waals surface area contributed by atoms with Gasteiger partial charge in [0.25, 0.3) is 0 Å². The van der Waals surface area contributed by atoms with Crippen LogP contribution in [0.15, 0.2) is 82.4 Å². The van der Waals surface area contributed by atoms with Crippen molar-refractivity contribution in [3.05, 3.63) is 78.6 Å². The van der Waals surface area contributed by atoms with E-state index in [1.54, 1.807) is 16.4 Å². The maximum absolute atomic E-state index is 5.92. The third kappa shape index (κ3) is 4.45. The Labute approximate surface area is 161 Å². The second-order valence-electron chi connectivity index (χ2n) is 5.97. The van der Waals surface area contributed by atoms with Crippen LogP contribution in [0, 0.1) is 0 Å². The summed E-state index contributed by atoms with van der Waals surface area (Å²) >= 11 is 1.65. The van der Waals surface area contributed by atoms with Crippen LogP contribution in [0.4, 0.5) is 0 Å². The average molecular weight is 378 g/mol. The topological polar surface area (TPSA) is 73.3 Å². The minimum Gasteiger partial charge on any atom is -0.455 e. The van der Waals surface area contributed by atoms with Gasteiger partial charge in [0.05, 0.1) is 18.0 Å². The summed E-state index contributed by atoms with van der Waals surface area (Å²) in [4.78, 5) is 0. The highest BCUT2D eigenvalue weighted by molar-refractivity contribution is 7.99. The molecule has 2 heterocycles. The molecule has 2 N–H and O–H groups in total. The van der Waals surface area contributed by atoms with E-state index in [-0.39, 0.29) is 0 Å². The van der Waals surface area contributed by atoms with Gasteiger partial charge in [-0.1, -0.05) is 60.3 Å². The molecule has 2 aromatic heterocycles. The third-order valence-electron chi connectivity index (χ3n) is 4.06. The van der Waals surface area contributed by atoms with Gasteiger partial charge in [-0.3, -0.25) is 0 Å². The van der Waals surface area contributed by atoms with Gasteiger partial charge in [-0.2, -0.15) is 4.68 Å². The molecule has 0 atom stereocenters. The van der Waals surface area contributed by atoms with E-state index in [1.807, 2.05) is 60.7 Å². The number of hydrogen-bond acceptors (Lipinski definition) is 5. The van der Waals surface area contributed by atoms with Crippen molar-refractivity contribution >= 4 is 11.8 Å². The first-order valence-corrected chi connectivity index (χ1v) is 9.81. The molecule has 2 aromatic carbocycles. The molecule has 7 heteroatoms. The zero-order valence-corrected chi connectivity index (χ0v) is 15.5. The van der Waals surface area contributed by atoms with Crippen LogP contribution in [0.3, 0.4) is 0 Å². The lowest BCUT2D eigenvalue weighted by molar-refractivity contribution is -0.668.